The SMILES string of the molecule is COc1cc(C#N)ccc1NC1CC(=O)N(C2CC2)C1=O. The average Bonchev–Trinajstić information content (AvgIpc) is 3.27. The molecule has 1 heterocycles. The Kier molecular flexibility index (Phi) is 3.26. The molecule has 0 aromatic heterocycles. The Morgan fingerprint density at radius 2 is 2.14 bits per heavy atom. The number of anilines is 1. The summed E-state index contributed by atoms with van der Waals surface area (Å²) in [5, 5.41) is 11.9. The number of hydrogen-bond donors (Lipinski definition) is 1. The molecule has 2 amide bonds. The quantitative estimate of drug-likeness (QED) is 0.842. The van der Waals surface area contributed by atoms with Crippen LogP contribution in [-0.2, 0) is 9.59 Å². The number of methoxy groups -OCH3 is 1. The number of rotatable bonds is 4. The van der Waals surface area contributed by atoms with Crippen molar-refractivity contribution in [2.45, 2.75) is 31.3 Å². The third kappa shape index (κ3) is 2.42. The molecule has 1 aliphatic heterocycles. The zero-order chi connectivity index (χ0) is 15.0. The van der Waals surface area contributed by atoms with Gasteiger partial charge in [-0.05, 0) is 25.0 Å². The van der Waals surface area contributed by atoms with E-state index in [1.165, 1.54) is 12.0 Å². The number of carbonyl (C=O) groups is 2. The summed E-state index contributed by atoms with van der Waals surface area (Å²) in [6.07, 6.45) is 1.98. The van der Waals surface area contributed by atoms with Crippen molar-refractivity contribution in [1.29, 1.82) is 5.26 Å². The Balaban J connectivity index is 1.79. The van der Waals surface area contributed by atoms with Gasteiger partial charge in [0.25, 0.3) is 5.91 Å². The summed E-state index contributed by atoms with van der Waals surface area (Å²) in [5.41, 5.74) is 1.09. The predicted molar refractivity (Wildman–Crippen MR) is 74.6 cm³/mol. The first-order valence-corrected chi connectivity index (χ1v) is 6.84. The molecule has 21 heavy (non-hydrogen) atoms. The number of ether oxygens (including phenoxy) is 1. The second-order valence-electron chi connectivity index (χ2n) is 5.26. The van der Waals surface area contributed by atoms with E-state index in [9.17, 15) is 9.59 Å². The van der Waals surface area contributed by atoms with Gasteiger partial charge >= 0.3 is 0 Å². The second-order valence-corrected chi connectivity index (χ2v) is 5.26. The van der Waals surface area contributed by atoms with E-state index < -0.39 is 6.04 Å². The fourth-order valence-electron chi connectivity index (χ4n) is 2.55. The van der Waals surface area contributed by atoms with Crippen LogP contribution in [0.2, 0.25) is 0 Å². The van der Waals surface area contributed by atoms with Gasteiger partial charge < -0.3 is 10.1 Å². The summed E-state index contributed by atoms with van der Waals surface area (Å²) >= 11 is 0. The minimum atomic E-state index is -0.556. The van der Waals surface area contributed by atoms with Crippen molar-refractivity contribution in [1.82, 2.24) is 4.90 Å². The number of amides is 2. The number of hydrogen-bond acceptors (Lipinski definition) is 5. The van der Waals surface area contributed by atoms with Crippen LogP contribution < -0.4 is 10.1 Å². The van der Waals surface area contributed by atoms with E-state index in [1.807, 2.05) is 6.07 Å². The average molecular weight is 285 g/mol. The summed E-state index contributed by atoms with van der Waals surface area (Å²) in [7, 11) is 1.50. The van der Waals surface area contributed by atoms with Gasteiger partial charge in [-0.2, -0.15) is 5.26 Å². The first-order chi connectivity index (χ1) is 10.1. The van der Waals surface area contributed by atoms with E-state index >= 15 is 0 Å². The number of nitriles is 1. The summed E-state index contributed by atoms with van der Waals surface area (Å²) in [6.45, 7) is 0. The monoisotopic (exact) mass is 285 g/mol. The van der Waals surface area contributed by atoms with Crippen molar-refractivity contribution in [3.05, 3.63) is 23.8 Å². The molecular formula is C15H15N3O3. The van der Waals surface area contributed by atoms with Crippen LogP contribution in [-0.4, -0.2) is 35.9 Å². The smallest absolute Gasteiger partial charge is 0.252 e. The molecular weight excluding hydrogens is 270 g/mol. The van der Waals surface area contributed by atoms with Gasteiger partial charge in [0.2, 0.25) is 5.91 Å². The van der Waals surface area contributed by atoms with Crippen LogP contribution >= 0.6 is 0 Å². The lowest BCUT2D eigenvalue weighted by Gasteiger charge is -2.17. The van der Waals surface area contributed by atoms with E-state index in [0.29, 0.717) is 17.0 Å². The molecule has 0 bridgehead atoms. The zero-order valence-corrected chi connectivity index (χ0v) is 11.6. The molecule has 2 aliphatic rings. The molecule has 1 atom stereocenters. The highest BCUT2D eigenvalue weighted by Gasteiger charge is 2.46. The second kappa shape index (κ2) is 5.09. The van der Waals surface area contributed by atoms with Crippen LogP contribution in [0.25, 0.3) is 0 Å². The zero-order valence-electron chi connectivity index (χ0n) is 11.6. The molecule has 1 saturated heterocycles. The number of nitrogens with one attached hydrogen (secondary N) is 1. The first-order valence-electron chi connectivity index (χ1n) is 6.84. The Bertz CT molecular complexity index is 646. The predicted octanol–water partition coefficient (Wildman–Crippen LogP) is 1.27. The van der Waals surface area contributed by atoms with E-state index in [-0.39, 0.29) is 24.3 Å². The van der Waals surface area contributed by atoms with Crippen LogP contribution in [0.4, 0.5) is 5.69 Å². The van der Waals surface area contributed by atoms with Crippen LogP contribution in [0.15, 0.2) is 18.2 Å². The standard InChI is InChI=1S/C15H15N3O3/c1-21-13-6-9(8-16)2-5-11(13)17-12-7-14(19)18(15(12)20)10-3-4-10/h2,5-6,10,12,17H,3-4,7H2,1H3. The minimum absolute atomic E-state index is 0.0969. The molecule has 1 aromatic rings. The highest BCUT2D eigenvalue weighted by molar-refractivity contribution is 6.07. The fraction of sp³-hybridized carbons (Fsp3) is 0.400. The van der Waals surface area contributed by atoms with Gasteiger partial charge in [0, 0.05) is 12.1 Å². The maximum Gasteiger partial charge on any atom is 0.252 e. The van der Waals surface area contributed by atoms with Gasteiger partial charge in [-0.1, -0.05) is 0 Å². The minimum Gasteiger partial charge on any atom is -0.495 e. The lowest BCUT2D eigenvalue weighted by atomic mass is 10.1. The molecule has 1 N–H and O–H groups in total. The molecule has 108 valence electrons. The van der Waals surface area contributed by atoms with Crippen molar-refractivity contribution < 1.29 is 14.3 Å². The number of likely N-dealkylation sites (tertiary alicyclic amines) is 1. The molecule has 2 fully saturated rings. The highest BCUT2D eigenvalue weighted by Crippen LogP contribution is 2.33. The largest absolute Gasteiger partial charge is 0.495 e. The van der Waals surface area contributed by atoms with Crippen molar-refractivity contribution in [2.75, 3.05) is 12.4 Å². The van der Waals surface area contributed by atoms with Crippen molar-refractivity contribution in [2.24, 2.45) is 0 Å². The van der Waals surface area contributed by atoms with Crippen LogP contribution in [0.5, 0.6) is 5.75 Å². The molecule has 1 aromatic carbocycles. The number of carbonyl (C=O) groups excluding carboxylic acids is 2. The molecule has 1 unspecified atom stereocenters. The van der Waals surface area contributed by atoms with E-state index in [0.717, 1.165) is 12.8 Å². The first kappa shape index (κ1) is 13.4. The Morgan fingerprint density at radius 1 is 1.38 bits per heavy atom. The normalized spacial score (nSPS) is 21.3. The van der Waals surface area contributed by atoms with Gasteiger partial charge in [0.15, 0.2) is 0 Å². The van der Waals surface area contributed by atoms with E-state index in [4.69, 9.17) is 10.00 Å². The maximum absolute atomic E-state index is 12.3. The van der Waals surface area contributed by atoms with Gasteiger partial charge in [-0.25, -0.2) is 0 Å². The Labute approximate surface area is 122 Å². The summed E-state index contributed by atoms with van der Waals surface area (Å²) in [6, 6.07) is 6.51. The van der Waals surface area contributed by atoms with Gasteiger partial charge in [0.1, 0.15) is 11.8 Å². The van der Waals surface area contributed by atoms with Gasteiger partial charge in [-0.15, -0.1) is 0 Å². The third-order valence-corrected chi connectivity index (χ3v) is 3.76. The maximum atomic E-state index is 12.3. The molecule has 0 spiro atoms. The van der Waals surface area contributed by atoms with E-state index in [1.54, 1.807) is 18.2 Å². The molecule has 1 saturated carbocycles. The Morgan fingerprint density at radius 3 is 2.76 bits per heavy atom. The number of imide groups is 1. The van der Waals surface area contributed by atoms with Crippen LogP contribution in [0.3, 0.4) is 0 Å². The van der Waals surface area contributed by atoms with Crippen LogP contribution in [0.1, 0.15) is 24.8 Å². The van der Waals surface area contributed by atoms with E-state index in [2.05, 4.69) is 5.32 Å². The van der Waals surface area contributed by atoms with Crippen molar-refractivity contribution >= 4 is 17.5 Å². The molecule has 6 heteroatoms. The lowest BCUT2D eigenvalue weighted by molar-refractivity contribution is -0.139. The number of benzene rings is 1. The summed E-state index contributed by atoms with van der Waals surface area (Å²) in [5.74, 6) is 0.195. The molecule has 0 radical (unpaired) electrons. The lowest BCUT2D eigenvalue weighted by Crippen LogP contribution is -2.36. The highest BCUT2D eigenvalue weighted by atomic mass is 16.5. The Hall–Kier alpha value is -2.55. The molecule has 1 aliphatic carbocycles. The summed E-state index contributed by atoms with van der Waals surface area (Å²) in [4.78, 5) is 25.6. The summed E-state index contributed by atoms with van der Waals surface area (Å²) < 4.78 is 5.22. The fourth-order valence-corrected chi connectivity index (χ4v) is 2.55. The van der Waals surface area contributed by atoms with Gasteiger partial charge in [0.05, 0.1) is 30.9 Å². The van der Waals surface area contributed by atoms with Crippen molar-refractivity contribution in [3.8, 4) is 11.8 Å². The molecule has 6 nitrogen and oxygen atoms in total. The van der Waals surface area contributed by atoms with Gasteiger partial charge in [-0.3, -0.25) is 14.5 Å². The van der Waals surface area contributed by atoms with Crippen molar-refractivity contribution in [3.63, 3.8) is 0 Å². The molecule has 3 rings (SSSR count). The number of nitrogens with zero attached hydrogens (tertiary/aromatic N) is 2. The van der Waals surface area contributed by atoms with Crippen LogP contribution in [0, 0.1) is 11.3 Å². The topological polar surface area (TPSA) is 82.4 Å². The third-order valence-electron chi connectivity index (χ3n) is 3.76.